The molecule has 3 fully saturated rings. The number of carbonyl (C=O) groups is 3. The third kappa shape index (κ3) is 4.59. The molecule has 4 amide bonds. The second-order valence-corrected chi connectivity index (χ2v) is 8.30. The minimum Gasteiger partial charge on any atom is -0.491 e. The number of carbonyl (C=O) groups excluding carboxylic acids is 3. The summed E-state index contributed by atoms with van der Waals surface area (Å²) < 4.78 is 11.3. The molecule has 8 heteroatoms. The number of imide groups is 1. The van der Waals surface area contributed by atoms with Crippen LogP contribution in [-0.2, 0) is 14.3 Å². The minimum absolute atomic E-state index is 0.136. The van der Waals surface area contributed by atoms with Gasteiger partial charge in [-0.25, -0.2) is 4.79 Å². The molecule has 2 aliphatic heterocycles. The van der Waals surface area contributed by atoms with E-state index in [-0.39, 0.29) is 36.9 Å². The Balaban J connectivity index is 1.22. The van der Waals surface area contributed by atoms with E-state index in [1.165, 1.54) is 4.90 Å². The molecule has 0 bridgehead atoms. The number of nitrogens with zero attached hydrogens (tertiary/aromatic N) is 1. The molecular formula is C22H29N3O5. The molecule has 1 saturated carbocycles. The predicted molar refractivity (Wildman–Crippen MR) is 110 cm³/mol. The minimum atomic E-state index is -0.691. The zero-order valence-electron chi connectivity index (χ0n) is 17.2. The summed E-state index contributed by atoms with van der Waals surface area (Å²) in [6.07, 6.45) is 6.20. The van der Waals surface area contributed by atoms with Gasteiger partial charge in [0.1, 0.15) is 17.9 Å². The molecule has 1 atom stereocenters. The lowest BCUT2D eigenvalue weighted by atomic mass is 9.98. The highest BCUT2D eigenvalue weighted by molar-refractivity contribution is 6.07. The number of anilines is 1. The van der Waals surface area contributed by atoms with Crippen LogP contribution in [-0.4, -0.2) is 54.1 Å². The molecule has 4 rings (SSSR count). The van der Waals surface area contributed by atoms with Crippen molar-refractivity contribution in [2.24, 2.45) is 0 Å². The van der Waals surface area contributed by atoms with E-state index in [1.54, 1.807) is 12.1 Å². The summed E-state index contributed by atoms with van der Waals surface area (Å²) in [4.78, 5) is 38.4. The van der Waals surface area contributed by atoms with Crippen molar-refractivity contribution in [1.29, 1.82) is 0 Å². The van der Waals surface area contributed by atoms with Gasteiger partial charge in [0, 0.05) is 31.3 Å². The standard InChI is InChI=1S/C22H29N3O5/c26-19(9-4-12-25-20(27)22(24-21(25)28)10-1-2-11-22)23-16-6-3-7-17(14-16)30-15-18-8-5-13-29-18/h3,6-7,14,18H,1-2,4-5,8-13,15H2,(H,23,26)(H,24,28)/t18-/m1/s1. The molecule has 30 heavy (non-hydrogen) atoms. The average Bonchev–Trinajstić information content (AvgIpc) is 3.46. The zero-order chi connectivity index (χ0) is 21.0. The number of urea groups is 1. The van der Waals surface area contributed by atoms with E-state index in [1.807, 2.05) is 12.1 Å². The molecule has 0 unspecified atom stereocenters. The van der Waals surface area contributed by atoms with Crippen LogP contribution in [0.25, 0.3) is 0 Å². The van der Waals surface area contributed by atoms with Crippen molar-refractivity contribution < 1.29 is 23.9 Å². The molecule has 1 aliphatic carbocycles. The van der Waals surface area contributed by atoms with Gasteiger partial charge in [0.25, 0.3) is 5.91 Å². The Morgan fingerprint density at radius 1 is 1.27 bits per heavy atom. The lowest BCUT2D eigenvalue weighted by Gasteiger charge is -2.19. The summed E-state index contributed by atoms with van der Waals surface area (Å²) in [6.45, 7) is 1.55. The van der Waals surface area contributed by atoms with Crippen LogP contribution >= 0.6 is 0 Å². The first-order chi connectivity index (χ1) is 14.6. The first-order valence-corrected chi connectivity index (χ1v) is 10.8. The molecule has 1 spiro atoms. The number of benzene rings is 1. The largest absolute Gasteiger partial charge is 0.491 e. The first kappa shape index (κ1) is 20.7. The normalized spacial score (nSPS) is 22.5. The van der Waals surface area contributed by atoms with E-state index < -0.39 is 5.54 Å². The maximum atomic E-state index is 12.6. The third-order valence-corrected chi connectivity index (χ3v) is 6.07. The zero-order valence-corrected chi connectivity index (χ0v) is 17.2. The molecule has 1 aromatic carbocycles. The molecule has 0 aromatic heterocycles. The second-order valence-electron chi connectivity index (χ2n) is 8.30. The van der Waals surface area contributed by atoms with Gasteiger partial charge in [0.15, 0.2) is 0 Å². The molecule has 2 heterocycles. The van der Waals surface area contributed by atoms with Gasteiger partial charge in [-0.05, 0) is 44.2 Å². The number of nitrogens with one attached hydrogen (secondary N) is 2. The van der Waals surface area contributed by atoms with Gasteiger partial charge in [-0.3, -0.25) is 14.5 Å². The molecule has 2 N–H and O–H groups in total. The van der Waals surface area contributed by atoms with Crippen molar-refractivity contribution in [3.05, 3.63) is 24.3 Å². The fourth-order valence-corrected chi connectivity index (χ4v) is 4.45. The SMILES string of the molecule is O=C(CCCN1C(=O)NC2(CCCC2)C1=O)Nc1cccc(OC[C@H]2CCCO2)c1. The molecule has 8 nitrogen and oxygen atoms in total. The number of amides is 4. The number of hydrogen-bond donors (Lipinski definition) is 2. The second kappa shape index (κ2) is 9.04. The van der Waals surface area contributed by atoms with Crippen LogP contribution in [0.1, 0.15) is 51.4 Å². The van der Waals surface area contributed by atoms with E-state index in [2.05, 4.69) is 10.6 Å². The van der Waals surface area contributed by atoms with Crippen LogP contribution in [0.2, 0.25) is 0 Å². The van der Waals surface area contributed by atoms with E-state index in [0.717, 1.165) is 32.3 Å². The molecule has 0 radical (unpaired) electrons. The fourth-order valence-electron chi connectivity index (χ4n) is 4.45. The Bertz CT molecular complexity index is 800. The Labute approximate surface area is 176 Å². The highest BCUT2D eigenvalue weighted by atomic mass is 16.5. The Morgan fingerprint density at radius 3 is 2.87 bits per heavy atom. The Morgan fingerprint density at radius 2 is 2.10 bits per heavy atom. The van der Waals surface area contributed by atoms with Gasteiger partial charge in [-0.2, -0.15) is 0 Å². The summed E-state index contributed by atoms with van der Waals surface area (Å²) in [5, 5.41) is 5.71. The highest BCUT2D eigenvalue weighted by Gasteiger charge is 2.52. The van der Waals surface area contributed by atoms with E-state index in [9.17, 15) is 14.4 Å². The predicted octanol–water partition coefficient (Wildman–Crippen LogP) is 2.83. The monoisotopic (exact) mass is 415 g/mol. The van der Waals surface area contributed by atoms with Crippen LogP contribution in [0, 0.1) is 0 Å². The topological polar surface area (TPSA) is 97.0 Å². The maximum Gasteiger partial charge on any atom is 0.325 e. The van der Waals surface area contributed by atoms with Crippen molar-refractivity contribution in [1.82, 2.24) is 10.2 Å². The summed E-state index contributed by atoms with van der Waals surface area (Å²) in [5.41, 5.74) is -0.0340. The van der Waals surface area contributed by atoms with Crippen molar-refractivity contribution in [2.75, 3.05) is 25.1 Å². The lowest BCUT2D eigenvalue weighted by Crippen LogP contribution is -2.44. The van der Waals surface area contributed by atoms with Gasteiger partial charge in [-0.1, -0.05) is 18.9 Å². The summed E-state index contributed by atoms with van der Waals surface area (Å²) in [7, 11) is 0. The van der Waals surface area contributed by atoms with E-state index in [4.69, 9.17) is 9.47 Å². The van der Waals surface area contributed by atoms with Crippen molar-refractivity contribution in [2.45, 2.75) is 63.0 Å². The van der Waals surface area contributed by atoms with Crippen molar-refractivity contribution in [3.8, 4) is 5.75 Å². The first-order valence-electron chi connectivity index (χ1n) is 10.8. The van der Waals surface area contributed by atoms with Crippen LogP contribution in [0.4, 0.5) is 10.5 Å². The van der Waals surface area contributed by atoms with Gasteiger partial charge in [-0.15, -0.1) is 0 Å². The quantitative estimate of drug-likeness (QED) is 0.637. The van der Waals surface area contributed by atoms with Crippen LogP contribution in [0.5, 0.6) is 5.75 Å². The molecular weight excluding hydrogens is 386 g/mol. The Kier molecular flexibility index (Phi) is 6.22. The van der Waals surface area contributed by atoms with Crippen LogP contribution < -0.4 is 15.4 Å². The third-order valence-electron chi connectivity index (χ3n) is 6.07. The van der Waals surface area contributed by atoms with Crippen LogP contribution in [0.3, 0.4) is 0 Å². The average molecular weight is 415 g/mol. The molecule has 2 saturated heterocycles. The van der Waals surface area contributed by atoms with Gasteiger partial charge in [0.05, 0.1) is 6.10 Å². The molecule has 3 aliphatic rings. The fraction of sp³-hybridized carbons (Fsp3) is 0.591. The van der Waals surface area contributed by atoms with Gasteiger partial charge < -0.3 is 20.1 Å². The van der Waals surface area contributed by atoms with Crippen LogP contribution in [0.15, 0.2) is 24.3 Å². The Hall–Kier alpha value is -2.61. The van der Waals surface area contributed by atoms with Gasteiger partial charge in [0.2, 0.25) is 5.91 Å². The maximum absolute atomic E-state index is 12.6. The molecule has 1 aromatic rings. The number of rotatable bonds is 8. The number of hydrogen-bond acceptors (Lipinski definition) is 5. The summed E-state index contributed by atoms with van der Waals surface area (Å²) in [6, 6.07) is 6.93. The summed E-state index contributed by atoms with van der Waals surface area (Å²) in [5.74, 6) is 0.389. The van der Waals surface area contributed by atoms with Crippen molar-refractivity contribution >= 4 is 23.5 Å². The van der Waals surface area contributed by atoms with Gasteiger partial charge >= 0.3 is 6.03 Å². The molecule has 162 valence electrons. The van der Waals surface area contributed by atoms with E-state index in [0.29, 0.717) is 37.3 Å². The van der Waals surface area contributed by atoms with E-state index >= 15 is 0 Å². The number of ether oxygens (including phenoxy) is 2. The smallest absolute Gasteiger partial charge is 0.325 e. The summed E-state index contributed by atoms with van der Waals surface area (Å²) >= 11 is 0. The highest BCUT2D eigenvalue weighted by Crippen LogP contribution is 2.35. The lowest BCUT2D eigenvalue weighted by molar-refractivity contribution is -0.131. The van der Waals surface area contributed by atoms with Crippen molar-refractivity contribution in [3.63, 3.8) is 0 Å².